The Labute approximate surface area is 98.9 Å². The van der Waals surface area contributed by atoms with Crippen LogP contribution in [0.3, 0.4) is 0 Å². The second kappa shape index (κ2) is 4.30. The van der Waals surface area contributed by atoms with E-state index in [2.05, 4.69) is 9.99 Å². The molecule has 0 amide bonds. The zero-order valence-electron chi connectivity index (χ0n) is 7.69. The largest absolute Gasteiger partial charge is 0.398 e. The third-order valence-corrected chi connectivity index (χ3v) is 4.02. The van der Waals surface area contributed by atoms with Gasteiger partial charge in [-0.15, -0.1) is 22.7 Å². The number of nitrogens with zero attached hydrogens (tertiary/aromatic N) is 1. The molecule has 2 aromatic rings. The van der Waals surface area contributed by atoms with Gasteiger partial charge in [0.25, 0.3) is 5.24 Å². The lowest BCUT2D eigenvalue weighted by atomic mass is 10.3. The van der Waals surface area contributed by atoms with E-state index in [1.165, 1.54) is 18.4 Å². The predicted molar refractivity (Wildman–Crippen MR) is 64.1 cm³/mol. The monoisotopic (exact) mass is 259 g/mol. The molecule has 3 nitrogen and oxygen atoms in total. The number of oxime groups is 1. The highest BCUT2D eigenvalue weighted by Crippen LogP contribution is 2.30. The van der Waals surface area contributed by atoms with E-state index in [4.69, 9.17) is 11.6 Å². The van der Waals surface area contributed by atoms with Crippen molar-refractivity contribution in [3.63, 3.8) is 0 Å². The molecule has 0 aliphatic carbocycles. The normalized spacial score (nSPS) is 12.0. The zero-order valence-corrected chi connectivity index (χ0v) is 10.1. The Kier molecular flexibility index (Phi) is 3.04. The molecule has 0 saturated carbocycles. The van der Waals surface area contributed by atoms with Gasteiger partial charge >= 0.3 is 0 Å². The van der Waals surface area contributed by atoms with Crippen LogP contribution in [-0.4, -0.2) is 18.1 Å². The minimum absolute atomic E-state index is 0.160. The quantitative estimate of drug-likeness (QED) is 0.483. The SMILES string of the molecule is CON=C(C(=O)Cl)c1cc2sccc2s1. The average molecular weight is 260 g/mol. The molecule has 0 aromatic carbocycles. The molecule has 0 spiro atoms. The van der Waals surface area contributed by atoms with E-state index in [0.29, 0.717) is 0 Å². The van der Waals surface area contributed by atoms with Gasteiger partial charge in [0.1, 0.15) is 7.11 Å². The lowest BCUT2D eigenvalue weighted by molar-refractivity contribution is -0.106. The van der Waals surface area contributed by atoms with Gasteiger partial charge < -0.3 is 4.84 Å². The maximum atomic E-state index is 11.1. The van der Waals surface area contributed by atoms with Gasteiger partial charge in [-0.2, -0.15) is 0 Å². The number of carbonyl (C=O) groups is 1. The third kappa shape index (κ3) is 2.04. The highest BCUT2D eigenvalue weighted by molar-refractivity contribution is 7.28. The fourth-order valence-corrected chi connectivity index (χ4v) is 3.43. The molecule has 6 heteroatoms. The van der Waals surface area contributed by atoms with Crippen LogP contribution in [0.1, 0.15) is 4.88 Å². The van der Waals surface area contributed by atoms with Crippen molar-refractivity contribution >= 4 is 54.6 Å². The van der Waals surface area contributed by atoms with Crippen LogP contribution in [0.25, 0.3) is 9.40 Å². The summed E-state index contributed by atoms with van der Waals surface area (Å²) < 4.78 is 2.24. The first-order chi connectivity index (χ1) is 7.22. The standard InChI is InChI=1S/C9H6ClNO2S2/c1-13-11-8(9(10)12)7-4-6-5(15-7)2-3-14-6/h2-4H,1H3. The smallest absolute Gasteiger partial charge is 0.275 e. The van der Waals surface area contributed by atoms with Crippen LogP contribution in [0, 0.1) is 0 Å². The molecule has 2 heterocycles. The van der Waals surface area contributed by atoms with E-state index in [1.54, 1.807) is 11.3 Å². The minimum atomic E-state index is -0.606. The molecule has 0 atom stereocenters. The van der Waals surface area contributed by atoms with Gasteiger partial charge in [-0.1, -0.05) is 5.16 Å². The summed E-state index contributed by atoms with van der Waals surface area (Å²) in [5.41, 5.74) is 0.160. The van der Waals surface area contributed by atoms with Gasteiger partial charge in [0.2, 0.25) is 0 Å². The summed E-state index contributed by atoms with van der Waals surface area (Å²) in [6.07, 6.45) is 0. The first kappa shape index (κ1) is 10.6. The number of halogens is 1. The number of hydrogen-bond donors (Lipinski definition) is 0. The molecule has 0 fully saturated rings. The first-order valence-electron chi connectivity index (χ1n) is 4.00. The van der Waals surface area contributed by atoms with Gasteiger partial charge in [-0.25, -0.2) is 0 Å². The zero-order chi connectivity index (χ0) is 10.8. The Bertz CT molecular complexity index is 500. The van der Waals surface area contributed by atoms with Crippen molar-refractivity contribution in [2.24, 2.45) is 5.16 Å². The minimum Gasteiger partial charge on any atom is -0.398 e. The fourth-order valence-electron chi connectivity index (χ4n) is 1.15. The average Bonchev–Trinajstić information content (AvgIpc) is 2.72. The van der Waals surface area contributed by atoms with Gasteiger partial charge in [0.05, 0.1) is 4.88 Å². The molecule has 0 saturated heterocycles. The highest BCUT2D eigenvalue weighted by atomic mass is 35.5. The van der Waals surface area contributed by atoms with Crippen molar-refractivity contribution in [3.8, 4) is 0 Å². The lowest BCUT2D eigenvalue weighted by Gasteiger charge is -1.94. The van der Waals surface area contributed by atoms with Crippen LogP contribution in [-0.2, 0) is 9.63 Å². The second-order valence-electron chi connectivity index (χ2n) is 2.66. The number of hydrogen-bond acceptors (Lipinski definition) is 5. The van der Waals surface area contributed by atoms with Crippen LogP contribution >= 0.6 is 34.3 Å². The van der Waals surface area contributed by atoms with Gasteiger partial charge in [-0.3, -0.25) is 4.79 Å². The van der Waals surface area contributed by atoms with Gasteiger partial charge in [-0.05, 0) is 29.1 Å². The summed E-state index contributed by atoms with van der Waals surface area (Å²) in [5, 5.41) is 5.01. The molecule has 0 aliphatic rings. The van der Waals surface area contributed by atoms with E-state index in [9.17, 15) is 4.79 Å². The predicted octanol–water partition coefficient (Wildman–Crippen LogP) is 3.08. The van der Waals surface area contributed by atoms with Crippen LogP contribution in [0.4, 0.5) is 0 Å². The highest BCUT2D eigenvalue weighted by Gasteiger charge is 2.16. The molecule has 0 bridgehead atoms. The van der Waals surface area contributed by atoms with Crippen molar-refractivity contribution in [1.82, 2.24) is 0 Å². The van der Waals surface area contributed by atoms with Crippen molar-refractivity contribution in [2.75, 3.05) is 7.11 Å². The van der Waals surface area contributed by atoms with Crippen molar-refractivity contribution in [2.45, 2.75) is 0 Å². The topological polar surface area (TPSA) is 38.7 Å². The van der Waals surface area contributed by atoms with Crippen LogP contribution in [0.5, 0.6) is 0 Å². The number of carbonyl (C=O) groups excluding carboxylic acids is 1. The van der Waals surface area contributed by atoms with E-state index >= 15 is 0 Å². The Morgan fingerprint density at radius 1 is 1.53 bits per heavy atom. The molecule has 0 radical (unpaired) electrons. The molecule has 2 aromatic heterocycles. The van der Waals surface area contributed by atoms with Crippen molar-refractivity contribution < 1.29 is 9.63 Å². The van der Waals surface area contributed by atoms with Crippen molar-refractivity contribution in [3.05, 3.63) is 22.4 Å². The van der Waals surface area contributed by atoms with Crippen molar-refractivity contribution in [1.29, 1.82) is 0 Å². The molecule has 78 valence electrons. The summed E-state index contributed by atoms with van der Waals surface area (Å²) in [6, 6.07) is 3.89. The first-order valence-corrected chi connectivity index (χ1v) is 6.08. The number of rotatable bonds is 3. The molecular formula is C9H6ClNO2S2. The second-order valence-corrected chi connectivity index (χ2v) is 5.03. The molecule has 15 heavy (non-hydrogen) atoms. The summed E-state index contributed by atoms with van der Waals surface area (Å²) in [5.74, 6) is 0. The molecule has 0 N–H and O–H groups in total. The molecule has 0 unspecified atom stereocenters. The van der Waals surface area contributed by atoms with Crippen LogP contribution in [0.2, 0.25) is 0 Å². The molecular weight excluding hydrogens is 254 g/mol. The fraction of sp³-hybridized carbons (Fsp3) is 0.111. The third-order valence-electron chi connectivity index (χ3n) is 1.74. The summed E-state index contributed by atoms with van der Waals surface area (Å²) >= 11 is 8.50. The summed E-state index contributed by atoms with van der Waals surface area (Å²) in [4.78, 5) is 16.4. The van der Waals surface area contributed by atoms with E-state index in [0.717, 1.165) is 14.3 Å². The van der Waals surface area contributed by atoms with E-state index in [1.807, 2.05) is 17.5 Å². The van der Waals surface area contributed by atoms with Crippen LogP contribution in [0.15, 0.2) is 22.7 Å². The van der Waals surface area contributed by atoms with E-state index in [-0.39, 0.29) is 5.71 Å². The molecule has 0 aliphatic heterocycles. The Balaban J connectivity index is 2.48. The summed E-state index contributed by atoms with van der Waals surface area (Å²) in [7, 11) is 1.38. The van der Waals surface area contributed by atoms with E-state index < -0.39 is 5.24 Å². The van der Waals surface area contributed by atoms with Gasteiger partial charge in [0, 0.05) is 9.40 Å². The van der Waals surface area contributed by atoms with Crippen LogP contribution < -0.4 is 0 Å². The summed E-state index contributed by atoms with van der Waals surface area (Å²) in [6.45, 7) is 0. The Morgan fingerprint density at radius 3 is 2.93 bits per heavy atom. The molecule has 2 rings (SSSR count). The number of fused-ring (bicyclic) bond motifs is 1. The maximum absolute atomic E-state index is 11.1. The lowest BCUT2D eigenvalue weighted by Crippen LogP contribution is -2.07. The number of thiophene rings is 2. The van der Waals surface area contributed by atoms with Gasteiger partial charge in [0.15, 0.2) is 5.71 Å². The Hall–Kier alpha value is -0.910. The maximum Gasteiger partial charge on any atom is 0.275 e. The Morgan fingerprint density at radius 2 is 2.33 bits per heavy atom.